The monoisotopic (exact) mass is 308 g/mol. The van der Waals surface area contributed by atoms with Crippen molar-refractivity contribution in [1.82, 2.24) is 5.32 Å². The number of hydrogen-bond donors (Lipinski definition) is 2. The molecular formula is C16H24N2O4. The van der Waals surface area contributed by atoms with Gasteiger partial charge in [-0.1, -0.05) is 12.1 Å². The molecule has 1 aliphatic heterocycles. The van der Waals surface area contributed by atoms with Gasteiger partial charge in [-0.05, 0) is 32.9 Å². The molecule has 3 N–H and O–H groups in total. The predicted molar refractivity (Wildman–Crippen MR) is 83.2 cm³/mol. The summed E-state index contributed by atoms with van der Waals surface area (Å²) < 4.78 is 16.6. The van der Waals surface area contributed by atoms with Crippen LogP contribution in [0.25, 0.3) is 0 Å². The largest absolute Gasteiger partial charge is 0.486 e. The minimum Gasteiger partial charge on any atom is -0.486 e. The molecule has 2 unspecified atom stereocenters. The summed E-state index contributed by atoms with van der Waals surface area (Å²) >= 11 is 0. The SMILES string of the molecule is CC(C)(C)OC(=O)NCC(N)CC1COc2ccccc2O1. The van der Waals surface area contributed by atoms with Crippen molar-refractivity contribution in [2.45, 2.75) is 44.9 Å². The zero-order chi connectivity index (χ0) is 16.2. The Morgan fingerprint density at radius 1 is 1.41 bits per heavy atom. The maximum atomic E-state index is 11.6. The van der Waals surface area contributed by atoms with Crippen molar-refractivity contribution in [3.63, 3.8) is 0 Å². The highest BCUT2D eigenvalue weighted by molar-refractivity contribution is 5.67. The van der Waals surface area contributed by atoms with Crippen LogP contribution >= 0.6 is 0 Å². The second-order valence-electron chi connectivity index (χ2n) is 6.38. The van der Waals surface area contributed by atoms with E-state index in [0.29, 0.717) is 19.6 Å². The summed E-state index contributed by atoms with van der Waals surface area (Å²) in [4.78, 5) is 11.6. The third kappa shape index (κ3) is 5.11. The van der Waals surface area contributed by atoms with Crippen LogP contribution < -0.4 is 20.5 Å². The van der Waals surface area contributed by atoms with Gasteiger partial charge in [-0.25, -0.2) is 4.79 Å². The Morgan fingerprint density at radius 3 is 2.77 bits per heavy atom. The van der Waals surface area contributed by atoms with E-state index in [0.717, 1.165) is 11.5 Å². The quantitative estimate of drug-likeness (QED) is 0.889. The van der Waals surface area contributed by atoms with Gasteiger partial charge in [0.25, 0.3) is 0 Å². The van der Waals surface area contributed by atoms with Crippen LogP contribution in [0.15, 0.2) is 24.3 Å². The van der Waals surface area contributed by atoms with Gasteiger partial charge in [0.2, 0.25) is 0 Å². The average molecular weight is 308 g/mol. The highest BCUT2D eigenvalue weighted by Crippen LogP contribution is 2.31. The van der Waals surface area contributed by atoms with E-state index in [-0.39, 0.29) is 12.1 Å². The summed E-state index contributed by atoms with van der Waals surface area (Å²) in [5, 5.41) is 2.67. The number of fused-ring (bicyclic) bond motifs is 1. The maximum absolute atomic E-state index is 11.6. The van der Waals surface area contributed by atoms with Gasteiger partial charge in [0.05, 0.1) is 0 Å². The van der Waals surface area contributed by atoms with Crippen LogP contribution in [0.1, 0.15) is 27.2 Å². The lowest BCUT2D eigenvalue weighted by Crippen LogP contribution is -2.43. The number of hydrogen-bond acceptors (Lipinski definition) is 5. The molecule has 2 rings (SSSR count). The molecule has 2 atom stereocenters. The highest BCUT2D eigenvalue weighted by atomic mass is 16.6. The molecule has 1 aliphatic rings. The van der Waals surface area contributed by atoms with Crippen molar-refractivity contribution in [3.05, 3.63) is 24.3 Å². The second kappa shape index (κ2) is 6.87. The summed E-state index contributed by atoms with van der Waals surface area (Å²) in [6, 6.07) is 7.31. The van der Waals surface area contributed by atoms with Gasteiger partial charge in [-0.2, -0.15) is 0 Å². The Morgan fingerprint density at radius 2 is 2.09 bits per heavy atom. The number of para-hydroxylation sites is 2. The summed E-state index contributed by atoms with van der Waals surface area (Å²) in [7, 11) is 0. The standard InChI is InChI=1S/C16H24N2O4/c1-16(2,3)22-15(19)18-9-11(17)8-12-10-20-13-6-4-5-7-14(13)21-12/h4-7,11-12H,8-10,17H2,1-3H3,(H,18,19). The van der Waals surface area contributed by atoms with Gasteiger partial charge in [-0.15, -0.1) is 0 Å². The first-order valence-electron chi connectivity index (χ1n) is 7.44. The fraction of sp³-hybridized carbons (Fsp3) is 0.562. The molecule has 1 heterocycles. The molecule has 22 heavy (non-hydrogen) atoms. The molecule has 0 aromatic heterocycles. The molecule has 122 valence electrons. The minimum atomic E-state index is -0.516. The number of benzene rings is 1. The second-order valence-corrected chi connectivity index (χ2v) is 6.38. The molecule has 0 bridgehead atoms. The highest BCUT2D eigenvalue weighted by Gasteiger charge is 2.23. The number of amides is 1. The van der Waals surface area contributed by atoms with Gasteiger partial charge in [0.1, 0.15) is 18.3 Å². The molecule has 0 saturated carbocycles. The van der Waals surface area contributed by atoms with E-state index in [9.17, 15) is 4.79 Å². The third-order valence-corrected chi connectivity index (χ3v) is 3.04. The van der Waals surface area contributed by atoms with Crippen molar-refractivity contribution in [1.29, 1.82) is 0 Å². The van der Waals surface area contributed by atoms with Crippen molar-refractivity contribution in [2.24, 2.45) is 5.73 Å². The molecule has 0 saturated heterocycles. The first-order chi connectivity index (χ1) is 10.3. The molecule has 0 radical (unpaired) electrons. The minimum absolute atomic E-state index is 0.120. The van der Waals surface area contributed by atoms with E-state index in [1.54, 1.807) is 0 Å². The van der Waals surface area contributed by atoms with Crippen molar-refractivity contribution >= 4 is 6.09 Å². The van der Waals surface area contributed by atoms with Crippen LogP contribution in [0.5, 0.6) is 11.5 Å². The van der Waals surface area contributed by atoms with Crippen molar-refractivity contribution in [3.8, 4) is 11.5 Å². The van der Waals surface area contributed by atoms with Crippen LogP contribution in [-0.2, 0) is 4.74 Å². The van der Waals surface area contributed by atoms with Gasteiger partial charge in [-0.3, -0.25) is 0 Å². The van der Waals surface area contributed by atoms with Crippen LogP contribution in [0, 0.1) is 0 Å². The van der Waals surface area contributed by atoms with Crippen LogP contribution in [-0.4, -0.2) is 37.0 Å². The van der Waals surface area contributed by atoms with Gasteiger partial charge < -0.3 is 25.3 Å². The Labute approximate surface area is 130 Å². The maximum Gasteiger partial charge on any atom is 0.407 e. The van der Waals surface area contributed by atoms with Gasteiger partial charge in [0, 0.05) is 19.0 Å². The van der Waals surface area contributed by atoms with Crippen LogP contribution in [0.3, 0.4) is 0 Å². The molecule has 1 aromatic carbocycles. The average Bonchev–Trinajstić information content (AvgIpc) is 2.43. The molecule has 6 heteroatoms. The van der Waals surface area contributed by atoms with E-state index < -0.39 is 11.7 Å². The Hall–Kier alpha value is -1.95. The Bertz CT molecular complexity index is 513. The number of ether oxygens (including phenoxy) is 3. The number of alkyl carbamates (subject to hydrolysis) is 1. The molecule has 6 nitrogen and oxygen atoms in total. The van der Waals surface area contributed by atoms with E-state index >= 15 is 0 Å². The summed E-state index contributed by atoms with van der Waals surface area (Å²) in [5.74, 6) is 1.48. The van der Waals surface area contributed by atoms with Crippen LogP contribution in [0.2, 0.25) is 0 Å². The summed E-state index contributed by atoms with van der Waals surface area (Å²) in [5.41, 5.74) is 5.52. The lowest BCUT2D eigenvalue weighted by Gasteiger charge is -2.28. The van der Waals surface area contributed by atoms with E-state index in [1.807, 2.05) is 45.0 Å². The molecule has 0 aliphatic carbocycles. The first-order valence-corrected chi connectivity index (χ1v) is 7.44. The number of carbonyl (C=O) groups excluding carboxylic acids is 1. The van der Waals surface area contributed by atoms with Gasteiger partial charge in [0.15, 0.2) is 11.5 Å². The Kier molecular flexibility index (Phi) is 5.13. The smallest absolute Gasteiger partial charge is 0.407 e. The summed E-state index contributed by atoms with van der Waals surface area (Å²) in [6.07, 6.45) is 0.00359. The normalized spacial score (nSPS) is 18.5. The van der Waals surface area contributed by atoms with Crippen molar-refractivity contribution < 1.29 is 19.0 Å². The molecule has 0 spiro atoms. The fourth-order valence-electron chi connectivity index (χ4n) is 2.13. The van der Waals surface area contributed by atoms with Gasteiger partial charge >= 0.3 is 6.09 Å². The zero-order valence-electron chi connectivity index (χ0n) is 13.3. The topological polar surface area (TPSA) is 82.8 Å². The fourth-order valence-corrected chi connectivity index (χ4v) is 2.13. The lowest BCUT2D eigenvalue weighted by atomic mass is 10.1. The molecule has 1 aromatic rings. The molecular weight excluding hydrogens is 284 g/mol. The van der Waals surface area contributed by atoms with Crippen molar-refractivity contribution in [2.75, 3.05) is 13.2 Å². The number of carbonyl (C=O) groups is 1. The van der Waals surface area contributed by atoms with E-state index in [1.165, 1.54) is 0 Å². The van der Waals surface area contributed by atoms with E-state index in [2.05, 4.69) is 5.32 Å². The molecule has 1 amide bonds. The van der Waals surface area contributed by atoms with E-state index in [4.69, 9.17) is 19.9 Å². The zero-order valence-corrected chi connectivity index (χ0v) is 13.3. The van der Waals surface area contributed by atoms with Crippen LogP contribution in [0.4, 0.5) is 4.79 Å². The third-order valence-electron chi connectivity index (χ3n) is 3.04. The molecule has 0 fully saturated rings. The lowest BCUT2D eigenvalue weighted by molar-refractivity contribution is 0.0511. The first kappa shape index (κ1) is 16.4. The predicted octanol–water partition coefficient (Wildman–Crippen LogP) is 2.07. The Balaban J connectivity index is 1.74. The summed E-state index contributed by atoms with van der Waals surface area (Å²) in [6.45, 7) is 6.24. The number of rotatable bonds is 4. The number of nitrogens with one attached hydrogen (secondary N) is 1. The number of nitrogens with two attached hydrogens (primary N) is 1.